The second-order valence-electron chi connectivity index (χ2n) is 4.25. The molecule has 0 amide bonds. The summed E-state index contributed by atoms with van der Waals surface area (Å²) in [6.07, 6.45) is 5.40. The second kappa shape index (κ2) is 8.91. The highest BCUT2D eigenvalue weighted by atomic mass is 32.2. The molecule has 98 valence electrons. The van der Waals surface area contributed by atoms with Crippen molar-refractivity contribution < 1.29 is 4.74 Å². The normalized spacial score (nSPS) is 10.3. The van der Waals surface area contributed by atoms with E-state index in [0.29, 0.717) is 0 Å². The summed E-state index contributed by atoms with van der Waals surface area (Å²) >= 11 is 1.78. The Morgan fingerprint density at radius 2 is 2.28 bits per heavy atom. The highest BCUT2D eigenvalue weighted by Gasteiger charge is 1.99. The topological polar surface area (TPSA) is 21.3 Å². The van der Waals surface area contributed by atoms with Gasteiger partial charge in [-0.15, -0.1) is 18.2 Å². The number of terminal acetylenes is 1. The Morgan fingerprint density at radius 1 is 1.44 bits per heavy atom. The van der Waals surface area contributed by atoms with Gasteiger partial charge in [-0.25, -0.2) is 0 Å². The molecule has 3 heteroatoms. The zero-order valence-electron chi connectivity index (χ0n) is 11.1. The molecular weight excluding hydrogens is 242 g/mol. The van der Waals surface area contributed by atoms with E-state index in [0.717, 1.165) is 30.3 Å². The van der Waals surface area contributed by atoms with Crippen LogP contribution in [0.1, 0.15) is 19.4 Å². The van der Waals surface area contributed by atoms with E-state index in [2.05, 4.69) is 23.4 Å². The number of thioether (sulfide) groups is 1. The summed E-state index contributed by atoms with van der Waals surface area (Å²) in [6.45, 7) is 5.91. The van der Waals surface area contributed by atoms with Crippen molar-refractivity contribution in [2.75, 3.05) is 18.1 Å². The van der Waals surface area contributed by atoms with E-state index in [1.807, 2.05) is 26.0 Å². The van der Waals surface area contributed by atoms with Gasteiger partial charge in [0.1, 0.15) is 5.75 Å². The molecule has 18 heavy (non-hydrogen) atoms. The second-order valence-corrected chi connectivity index (χ2v) is 5.35. The molecule has 0 spiro atoms. The van der Waals surface area contributed by atoms with Gasteiger partial charge in [0.05, 0.1) is 11.9 Å². The number of hydrogen-bond donors (Lipinski definition) is 1. The lowest BCUT2D eigenvalue weighted by Crippen LogP contribution is -2.16. The van der Waals surface area contributed by atoms with Crippen molar-refractivity contribution in [1.82, 2.24) is 5.32 Å². The molecule has 0 heterocycles. The van der Waals surface area contributed by atoms with Crippen LogP contribution in [0.25, 0.3) is 0 Å². The summed E-state index contributed by atoms with van der Waals surface area (Å²) in [4.78, 5) is 0. The molecule has 1 aromatic carbocycles. The van der Waals surface area contributed by atoms with E-state index in [4.69, 9.17) is 11.2 Å². The van der Waals surface area contributed by atoms with Crippen LogP contribution in [0, 0.1) is 12.3 Å². The fraction of sp³-hybridized carbons (Fsp3) is 0.467. The van der Waals surface area contributed by atoms with Gasteiger partial charge >= 0.3 is 0 Å². The average molecular weight is 263 g/mol. The number of rotatable bonds is 8. The van der Waals surface area contributed by atoms with Crippen LogP contribution in [0.3, 0.4) is 0 Å². The monoisotopic (exact) mass is 263 g/mol. The van der Waals surface area contributed by atoms with Crippen LogP contribution in [0.2, 0.25) is 0 Å². The van der Waals surface area contributed by atoms with Gasteiger partial charge in [-0.05, 0) is 31.5 Å². The van der Waals surface area contributed by atoms with Gasteiger partial charge in [-0.1, -0.05) is 18.1 Å². The fourth-order valence-corrected chi connectivity index (χ4v) is 2.06. The fourth-order valence-electron chi connectivity index (χ4n) is 1.51. The highest BCUT2D eigenvalue weighted by Crippen LogP contribution is 2.14. The summed E-state index contributed by atoms with van der Waals surface area (Å²) in [5.74, 6) is 5.40. The lowest BCUT2D eigenvalue weighted by molar-refractivity contribution is 0.242. The van der Waals surface area contributed by atoms with E-state index in [1.165, 1.54) is 5.56 Å². The molecule has 0 aromatic heterocycles. The number of benzene rings is 1. The highest BCUT2D eigenvalue weighted by molar-refractivity contribution is 7.99. The maximum Gasteiger partial charge on any atom is 0.120 e. The molecule has 0 bridgehead atoms. The predicted molar refractivity (Wildman–Crippen MR) is 80.1 cm³/mol. The zero-order valence-corrected chi connectivity index (χ0v) is 11.9. The summed E-state index contributed by atoms with van der Waals surface area (Å²) in [5, 5.41) is 3.40. The molecule has 0 saturated heterocycles. The van der Waals surface area contributed by atoms with Crippen LogP contribution >= 0.6 is 11.8 Å². The molecule has 0 saturated carbocycles. The van der Waals surface area contributed by atoms with E-state index >= 15 is 0 Å². The van der Waals surface area contributed by atoms with Crippen molar-refractivity contribution in [3.05, 3.63) is 29.8 Å². The van der Waals surface area contributed by atoms with Crippen LogP contribution in [-0.2, 0) is 6.54 Å². The van der Waals surface area contributed by atoms with Crippen molar-refractivity contribution >= 4 is 11.8 Å². The summed E-state index contributed by atoms with van der Waals surface area (Å²) < 4.78 is 5.66. The largest absolute Gasteiger partial charge is 0.491 e. The van der Waals surface area contributed by atoms with Gasteiger partial charge in [0.15, 0.2) is 0 Å². The minimum Gasteiger partial charge on any atom is -0.491 e. The molecule has 0 aliphatic rings. The predicted octanol–water partition coefficient (Wildman–Crippen LogP) is 2.93. The van der Waals surface area contributed by atoms with Gasteiger partial charge in [-0.3, -0.25) is 0 Å². The first-order valence-electron chi connectivity index (χ1n) is 6.20. The SMILES string of the molecule is C#CCSCCNCc1cccc(OC(C)C)c1. The van der Waals surface area contributed by atoms with Gasteiger partial charge in [0.25, 0.3) is 0 Å². The van der Waals surface area contributed by atoms with Crippen molar-refractivity contribution in [2.24, 2.45) is 0 Å². The number of ether oxygens (including phenoxy) is 1. The lowest BCUT2D eigenvalue weighted by atomic mass is 10.2. The van der Waals surface area contributed by atoms with Crippen LogP contribution in [0.15, 0.2) is 24.3 Å². The molecule has 1 rings (SSSR count). The molecule has 1 N–H and O–H groups in total. The first-order valence-corrected chi connectivity index (χ1v) is 7.35. The van der Waals surface area contributed by atoms with E-state index < -0.39 is 0 Å². The molecule has 1 aromatic rings. The Bertz CT molecular complexity index is 384. The van der Waals surface area contributed by atoms with Crippen molar-refractivity contribution in [1.29, 1.82) is 0 Å². The number of hydrogen-bond acceptors (Lipinski definition) is 3. The maximum absolute atomic E-state index is 5.66. The summed E-state index contributed by atoms with van der Waals surface area (Å²) in [6, 6.07) is 8.21. The van der Waals surface area contributed by atoms with Crippen LogP contribution < -0.4 is 10.1 Å². The van der Waals surface area contributed by atoms with E-state index in [1.54, 1.807) is 11.8 Å². The Hall–Kier alpha value is -1.11. The molecule has 0 aliphatic carbocycles. The third kappa shape index (κ3) is 6.58. The molecular formula is C15H21NOS. The summed E-state index contributed by atoms with van der Waals surface area (Å²) in [5.41, 5.74) is 1.25. The van der Waals surface area contributed by atoms with Crippen LogP contribution in [-0.4, -0.2) is 24.2 Å². The summed E-state index contributed by atoms with van der Waals surface area (Å²) in [7, 11) is 0. The smallest absolute Gasteiger partial charge is 0.120 e. The Balaban J connectivity index is 2.27. The third-order valence-corrected chi connectivity index (χ3v) is 3.07. The van der Waals surface area contributed by atoms with Crippen LogP contribution in [0.5, 0.6) is 5.75 Å². The molecule has 0 fully saturated rings. The zero-order chi connectivity index (χ0) is 13.2. The molecule has 0 atom stereocenters. The minimum atomic E-state index is 0.216. The standard InChI is InChI=1S/C15H21NOS/c1-4-9-18-10-8-16-12-14-6-5-7-15(11-14)17-13(2)3/h1,5-7,11,13,16H,8-10,12H2,2-3H3. The van der Waals surface area contributed by atoms with Crippen molar-refractivity contribution in [3.8, 4) is 18.1 Å². The Labute approximate surface area is 115 Å². The molecule has 0 aliphatic heterocycles. The third-order valence-electron chi connectivity index (χ3n) is 2.21. The van der Waals surface area contributed by atoms with Crippen LogP contribution in [0.4, 0.5) is 0 Å². The van der Waals surface area contributed by atoms with E-state index in [9.17, 15) is 0 Å². The van der Waals surface area contributed by atoms with E-state index in [-0.39, 0.29) is 6.10 Å². The number of nitrogens with one attached hydrogen (secondary N) is 1. The van der Waals surface area contributed by atoms with Gasteiger partial charge in [-0.2, -0.15) is 0 Å². The van der Waals surface area contributed by atoms with Gasteiger partial charge < -0.3 is 10.1 Å². The molecule has 2 nitrogen and oxygen atoms in total. The lowest BCUT2D eigenvalue weighted by Gasteiger charge is -2.11. The average Bonchev–Trinajstić information content (AvgIpc) is 2.33. The maximum atomic E-state index is 5.66. The van der Waals surface area contributed by atoms with Gasteiger partial charge in [0.2, 0.25) is 0 Å². The molecule has 0 unspecified atom stereocenters. The molecule has 0 radical (unpaired) electrons. The van der Waals surface area contributed by atoms with Gasteiger partial charge in [0, 0.05) is 18.8 Å². The van der Waals surface area contributed by atoms with Crippen molar-refractivity contribution in [2.45, 2.75) is 26.5 Å². The quantitative estimate of drug-likeness (QED) is 0.575. The first kappa shape index (κ1) is 14.9. The van der Waals surface area contributed by atoms with Crippen molar-refractivity contribution in [3.63, 3.8) is 0 Å². The Kier molecular flexibility index (Phi) is 7.40. The first-order chi connectivity index (χ1) is 8.72. The minimum absolute atomic E-state index is 0.216. The Morgan fingerprint density at radius 3 is 3.00 bits per heavy atom.